The molecule has 0 aromatic rings. The zero-order valence-electron chi connectivity index (χ0n) is 11.6. The monoisotopic (exact) mass is 290 g/mol. The van der Waals surface area contributed by atoms with Gasteiger partial charge in [-0.25, -0.2) is 0 Å². The number of rotatable bonds is 3. The van der Waals surface area contributed by atoms with Crippen LogP contribution >= 0.6 is 0 Å². The molecule has 2 rings (SSSR count). The van der Waals surface area contributed by atoms with Crippen molar-refractivity contribution in [1.29, 1.82) is 0 Å². The normalized spacial score (nSPS) is 36.9. The molecule has 0 aliphatic carbocycles. The second-order valence-corrected chi connectivity index (χ2v) is 4.55. The third kappa shape index (κ3) is 3.26. The van der Waals surface area contributed by atoms with Crippen LogP contribution in [-0.2, 0) is 38.0 Å². The van der Waals surface area contributed by atoms with Gasteiger partial charge >= 0.3 is 11.9 Å². The van der Waals surface area contributed by atoms with Crippen molar-refractivity contribution in [3.05, 3.63) is 0 Å². The molecule has 0 amide bonds. The number of carbonyl (C=O) groups is 2. The first-order chi connectivity index (χ1) is 9.52. The number of hydrogen-bond acceptors (Lipinski definition) is 8. The maximum atomic E-state index is 11.3. The average Bonchev–Trinajstić information content (AvgIpc) is 2.40. The van der Waals surface area contributed by atoms with Crippen LogP contribution in [0.1, 0.15) is 13.8 Å². The van der Waals surface area contributed by atoms with E-state index in [4.69, 9.17) is 28.4 Å². The van der Waals surface area contributed by atoms with Gasteiger partial charge in [-0.2, -0.15) is 0 Å². The van der Waals surface area contributed by atoms with E-state index < -0.39 is 42.6 Å². The molecule has 0 N–H and O–H groups in total. The lowest BCUT2D eigenvalue weighted by Gasteiger charge is -2.45. The summed E-state index contributed by atoms with van der Waals surface area (Å²) in [7, 11) is 1.41. The molecule has 114 valence electrons. The maximum Gasteiger partial charge on any atom is 0.303 e. The molecule has 0 bridgehead atoms. The van der Waals surface area contributed by atoms with Crippen molar-refractivity contribution in [3.63, 3.8) is 0 Å². The van der Waals surface area contributed by atoms with E-state index in [1.54, 1.807) is 0 Å². The van der Waals surface area contributed by atoms with Gasteiger partial charge in [0, 0.05) is 21.0 Å². The number of hydrogen-bond donors (Lipinski definition) is 0. The number of methoxy groups -OCH3 is 1. The van der Waals surface area contributed by atoms with E-state index in [0.29, 0.717) is 0 Å². The Morgan fingerprint density at radius 1 is 1.10 bits per heavy atom. The van der Waals surface area contributed by atoms with Crippen LogP contribution in [0.5, 0.6) is 0 Å². The molecule has 5 unspecified atom stereocenters. The van der Waals surface area contributed by atoms with Crippen molar-refractivity contribution < 1.29 is 38.0 Å². The Labute approximate surface area is 116 Å². The molecule has 8 heteroatoms. The molecule has 0 spiro atoms. The largest absolute Gasteiger partial charge is 0.455 e. The molecule has 2 aliphatic heterocycles. The summed E-state index contributed by atoms with van der Waals surface area (Å²) < 4.78 is 31.8. The summed E-state index contributed by atoms with van der Waals surface area (Å²) in [6.45, 7) is 2.88. The summed E-state index contributed by atoms with van der Waals surface area (Å²) in [5, 5.41) is 0. The number of fused-ring (bicyclic) bond motifs is 1. The number of ether oxygens (including phenoxy) is 6. The summed E-state index contributed by atoms with van der Waals surface area (Å²) in [5.41, 5.74) is 0. The van der Waals surface area contributed by atoms with Crippen molar-refractivity contribution in [2.45, 2.75) is 44.6 Å². The molecule has 0 saturated carbocycles. The minimum Gasteiger partial charge on any atom is -0.455 e. The summed E-state index contributed by atoms with van der Waals surface area (Å²) in [5.74, 6) is -1.03. The van der Waals surface area contributed by atoms with Gasteiger partial charge in [-0.15, -0.1) is 0 Å². The van der Waals surface area contributed by atoms with Gasteiger partial charge in [0.25, 0.3) is 0 Å². The maximum absolute atomic E-state index is 11.3. The second-order valence-electron chi connectivity index (χ2n) is 4.55. The molecular formula is C12H18O8. The molecule has 2 fully saturated rings. The van der Waals surface area contributed by atoms with Crippen LogP contribution in [-0.4, -0.2) is 63.2 Å². The number of esters is 2. The van der Waals surface area contributed by atoms with Crippen LogP contribution in [0, 0.1) is 0 Å². The smallest absolute Gasteiger partial charge is 0.303 e. The molecule has 2 aliphatic rings. The van der Waals surface area contributed by atoms with Gasteiger partial charge in [0.2, 0.25) is 0 Å². The Balaban J connectivity index is 2.22. The van der Waals surface area contributed by atoms with E-state index in [9.17, 15) is 9.59 Å². The van der Waals surface area contributed by atoms with Gasteiger partial charge in [-0.05, 0) is 0 Å². The lowest BCUT2D eigenvalue weighted by atomic mass is 9.98. The van der Waals surface area contributed by atoms with E-state index in [1.165, 1.54) is 21.0 Å². The van der Waals surface area contributed by atoms with Gasteiger partial charge < -0.3 is 28.4 Å². The molecule has 5 atom stereocenters. The fourth-order valence-corrected chi connectivity index (χ4v) is 2.34. The van der Waals surface area contributed by atoms with Gasteiger partial charge in [-0.3, -0.25) is 9.59 Å². The summed E-state index contributed by atoms with van der Waals surface area (Å²) in [6, 6.07) is 0. The van der Waals surface area contributed by atoms with Gasteiger partial charge in [0.05, 0.1) is 6.61 Å². The molecule has 0 aromatic carbocycles. The zero-order chi connectivity index (χ0) is 14.7. The van der Waals surface area contributed by atoms with E-state index in [2.05, 4.69) is 0 Å². The number of carbonyl (C=O) groups excluding carboxylic acids is 2. The molecule has 0 aromatic heterocycles. The van der Waals surface area contributed by atoms with Crippen LogP contribution in [0.2, 0.25) is 0 Å². The van der Waals surface area contributed by atoms with E-state index >= 15 is 0 Å². The zero-order valence-corrected chi connectivity index (χ0v) is 11.6. The minimum absolute atomic E-state index is 0.0622. The summed E-state index contributed by atoms with van der Waals surface area (Å²) in [4.78, 5) is 22.5. The van der Waals surface area contributed by atoms with Gasteiger partial charge in [0.1, 0.15) is 19.0 Å². The van der Waals surface area contributed by atoms with Crippen LogP contribution in [0.15, 0.2) is 0 Å². The third-order valence-electron chi connectivity index (χ3n) is 3.05. The topological polar surface area (TPSA) is 89.5 Å². The Kier molecular flexibility index (Phi) is 4.92. The SMILES string of the molecule is COC1OC2COCOC2C(OC(C)=O)C1OC(C)=O. The molecule has 8 nitrogen and oxygen atoms in total. The van der Waals surface area contributed by atoms with E-state index in [-0.39, 0.29) is 13.4 Å². The summed E-state index contributed by atoms with van der Waals surface area (Å²) >= 11 is 0. The predicted molar refractivity (Wildman–Crippen MR) is 62.5 cm³/mol. The van der Waals surface area contributed by atoms with Crippen LogP contribution in [0.3, 0.4) is 0 Å². The average molecular weight is 290 g/mol. The predicted octanol–water partition coefficient (Wildman–Crippen LogP) is -0.406. The van der Waals surface area contributed by atoms with Crippen LogP contribution in [0.4, 0.5) is 0 Å². The Morgan fingerprint density at radius 2 is 1.75 bits per heavy atom. The van der Waals surface area contributed by atoms with Crippen LogP contribution in [0.25, 0.3) is 0 Å². The minimum atomic E-state index is -0.888. The summed E-state index contributed by atoms with van der Waals surface area (Å²) in [6.07, 6.45) is -3.56. The van der Waals surface area contributed by atoms with Crippen molar-refractivity contribution >= 4 is 11.9 Å². The first kappa shape index (κ1) is 15.2. The van der Waals surface area contributed by atoms with E-state index in [0.717, 1.165) is 0 Å². The first-order valence-corrected chi connectivity index (χ1v) is 6.25. The Hall–Kier alpha value is -1.22. The quantitative estimate of drug-likeness (QED) is 0.648. The first-order valence-electron chi connectivity index (χ1n) is 6.25. The standard InChI is InChI=1S/C12H18O8/c1-6(13)18-10-9-8(4-16-5-17-9)20-12(15-3)11(10)19-7(2)14/h8-12H,4-5H2,1-3H3. The Bertz CT molecular complexity index is 370. The van der Waals surface area contributed by atoms with Crippen molar-refractivity contribution in [1.82, 2.24) is 0 Å². The lowest BCUT2D eigenvalue weighted by Crippen LogP contribution is -2.63. The molecular weight excluding hydrogens is 272 g/mol. The Morgan fingerprint density at radius 3 is 2.35 bits per heavy atom. The highest BCUT2D eigenvalue weighted by Gasteiger charge is 2.52. The van der Waals surface area contributed by atoms with Crippen molar-refractivity contribution in [2.75, 3.05) is 20.5 Å². The van der Waals surface area contributed by atoms with Crippen LogP contribution < -0.4 is 0 Å². The molecule has 0 radical (unpaired) electrons. The molecule has 20 heavy (non-hydrogen) atoms. The highest BCUT2D eigenvalue weighted by atomic mass is 16.8. The highest BCUT2D eigenvalue weighted by molar-refractivity contribution is 5.67. The van der Waals surface area contributed by atoms with Crippen molar-refractivity contribution in [2.24, 2.45) is 0 Å². The molecule has 2 heterocycles. The van der Waals surface area contributed by atoms with Gasteiger partial charge in [-0.1, -0.05) is 0 Å². The lowest BCUT2D eigenvalue weighted by molar-refractivity contribution is -0.337. The fraction of sp³-hybridized carbons (Fsp3) is 0.833. The fourth-order valence-electron chi connectivity index (χ4n) is 2.34. The third-order valence-corrected chi connectivity index (χ3v) is 3.05. The highest BCUT2D eigenvalue weighted by Crippen LogP contribution is 2.30. The van der Waals surface area contributed by atoms with Gasteiger partial charge in [0.15, 0.2) is 18.5 Å². The van der Waals surface area contributed by atoms with Crippen molar-refractivity contribution in [3.8, 4) is 0 Å². The molecule has 2 saturated heterocycles. The van der Waals surface area contributed by atoms with E-state index in [1.807, 2.05) is 0 Å². The second kappa shape index (κ2) is 6.49.